The summed E-state index contributed by atoms with van der Waals surface area (Å²) in [6, 6.07) is 0. The van der Waals surface area contributed by atoms with Gasteiger partial charge in [-0.15, -0.1) is 0 Å². The standard InChI is InChI=1S/C11H19NO2/c1-14-11(13)9-4-2-3-8(5-9)10-6-12-7-10/h8-10,12H,2-7H2,1H3/t8-,9+/m1/s1. The number of methoxy groups -OCH3 is 1. The highest BCUT2D eigenvalue weighted by molar-refractivity contribution is 5.72. The van der Waals surface area contributed by atoms with E-state index < -0.39 is 0 Å². The predicted molar refractivity (Wildman–Crippen MR) is 53.8 cm³/mol. The lowest BCUT2D eigenvalue weighted by Crippen LogP contribution is -2.47. The van der Waals surface area contributed by atoms with Crippen molar-refractivity contribution in [2.75, 3.05) is 20.2 Å². The smallest absolute Gasteiger partial charge is 0.308 e. The van der Waals surface area contributed by atoms with Gasteiger partial charge in [-0.05, 0) is 37.8 Å². The van der Waals surface area contributed by atoms with Crippen molar-refractivity contribution in [1.82, 2.24) is 5.32 Å². The summed E-state index contributed by atoms with van der Waals surface area (Å²) in [5.74, 6) is 1.76. The Kier molecular flexibility index (Phi) is 3.06. The van der Waals surface area contributed by atoms with Gasteiger partial charge in [0.15, 0.2) is 0 Å². The molecule has 80 valence electrons. The summed E-state index contributed by atoms with van der Waals surface area (Å²) in [6.45, 7) is 2.30. The third kappa shape index (κ3) is 1.92. The highest BCUT2D eigenvalue weighted by Crippen LogP contribution is 2.35. The first kappa shape index (κ1) is 9.97. The predicted octanol–water partition coefficient (Wildman–Crippen LogP) is 1.19. The molecule has 0 aromatic carbocycles. The van der Waals surface area contributed by atoms with Crippen LogP contribution in [0.3, 0.4) is 0 Å². The van der Waals surface area contributed by atoms with Crippen molar-refractivity contribution < 1.29 is 9.53 Å². The fourth-order valence-corrected chi connectivity index (χ4v) is 2.68. The molecular formula is C11H19NO2. The van der Waals surface area contributed by atoms with Crippen LogP contribution in [0.25, 0.3) is 0 Å². The van der Waals surface area contributed by atoms with Crippen molar-refractivity contribution in [2.45, 2.75) is 25.7 Å². The first-order valence-corrected chi connectivity index (χ1v) is 5.60. The van der Waals surface area contributed by atoms with Crippen molar-refractivity contribution in [3.05, 3.63) is 0 Å². The maximum Gasteiger partial charge on any atom is 0.308 e. The largest absolute Gasteiger partial charge is 0.469 e. The van der Waals surface area contributed by atoms with Crippen molar-refractivity contribution in [2.24, 2.45) is 17.8 Å². The number of rotatable bonds is 2. The minimum absolute atomic E-state index is 0.00184. The number of carbonyl (C=O) groups is 1. The van der Waals surface area contributed by atoms with Crippen LogP contribution in [0.5, 0.6) is 0 Å². The molecule has 0 amide bonds. The van der Waals surface area contributed by atoms with Crippen molar-refractivity contribution >= 4 is 5.97 Å². The maximum absolute atomic E-state index is 11.4. The number of nitrogens with one attached hydrogen (secondary N) is 1. The molecule has 1 saturated heterocycles. The minimum atomic E-state index is 0.00184. The van der Waals surface area contributed by atoms with Crippen LogP contribution in [-0.2, 0) is 9.53 Å². The highest BCUT2D eigenvalue weighted by atomic mass is 16.5. The van der Waals surface area contributed by atoms with Crippen LogP contribution in [0.4, 0.5) is 0 Å². The summed E-state index contributed by atoms with van der Waals surface area (Å²) in [5, 5.41) is 3.30. The monoisotopic (exact) mass is 197 g/mol. The van der Waals surface area contributed by atoms with Gasteiger partial charge in [0.25, 0.3) is 0 Å². The van der Waals surface area contributed by atoms with Gasteiger partial charge in [-0.1, -0.05) is 12.8 Å². The highest BCUT2D eigenvalue weighted by Gasteiger charge is 2.34. The van der Waals surface area contributed by atoms with Crippen molar-refractivity contribution in [3.8, 4) is 0 Å². The van der Waals surface area contributed by atoms with E-state index >= 15 is 0 Å². The molecular weight excluding hydrogens is 178 g/mol. The van der Waals surface area contributed by atoms with Crippen LogP contribution in [0.15, 0.2) is 0 Å². The zero-order valence-electron chi connectivity index (χ0n) is 8.79. The molecule has 2 fully saturated rings. The molecule has 0 spiro atoms. The number of ether oxygens (including phenoxy) is 1. The summed E-state index contributed by atoms with van der Waals surface area (Å²) in [5.41, 5.74) is 0. The average molecular weight is 197 g/mol. The fraction of sp³-hybridized carbons (Fsp3) is 0.909. The lowest BCUT2D eigenvalue weighted by molar-refractivity contribution is -0.147. The Balaban J connectivity index is 1.86. The minimum Gasteiger partial charge on any atom is -0.469 e. The van der Waals surface area contributed by atoms with E-state index in [-0.39, 0.29) is 11.9 Å². The molecule has 1 aliphatic carbocycles. The van der Waals surface area contributed by atoms with Crippen LogP contribution in [0.2, 0.25) is 0 Å². The van der Waals surface area contributed by atoms with Crippen molar-refractivity contribution in [3.63, 3.8) is 0 Å². The maximum atomic E-state index is 11.4. The fourth-order valence-electron chi connectivity index (χ4n) is 2.68. The Morgan fingerprint density at radius 3 is 2.64 bits per heavy atom. The van der Waals surface area contributed by atoms with E-state index in [0.717, 1.165) is 37.8 Å². The number of carbonyl (C=O) groups excluding carboxylic acids is 1. The normalized spacial score (nSPS) is 33.5. The number of hydrogen-bond donors (Lipinski definition) is 1. The van der Waals surface area contributed by atoms with E-state index in [0.29, 0.717) is 0 Å². The van der Waals surface area contributed by atoms with Gasteiger partial charge in [0.2, 0.25) is 0 Å². The topological polar surface area (TPSA) is 38.3 Å². The zero-order valence-corrected chi connectivity index (χ0v) is 8.79. The molecule has 0 aromatic heterocycles. The Labute approximate surface area is 85.2 Å². The number of hydrogen-bond acceptors (Lipinski definition) is 3. The van der Waals surface area contributed by atoms with Gasteiger partial charge in [-0.2, -0.15) is 0 Å². The molecule has 0 radical (unpaired) electrons. The second-order valence-electron chi connectivity index (χ2n) is 4.57. The summed E-state index contributed by atoms with van der Waals surface area (Å²) in [7, 11) is 1.50. The molecule has 0 bridgehead atoms. The summed E-state index contributed by atoms with van der Waals surface area (Å²) >= 11 is 0. The Morgan fingerprint density at radius 2 is 2.07 bits per heavy atom. The quantitative estimate of drug-likeness (QED) is 0.676. The molecule has 2 aliphatic rings. The van der Waals surface area contributed by atoms with Gasteiger partial charge in [0.1, 0.15) is 0 Å². The van der Waals surface area contributed by atoms with Gasteiger partial charge in [0, 0.05) is 0 Å². The van der Waals surface area contributed by atoms with Crippen LogP contribution < -0.4 is 5.32 Å². The zero-order chi connectivity index (χ0) is 9.97. The van der Waals surface area contributed by atoms with E-state index in [1.54, 1.807) is 0 Å². The van der Waals surface area contributed by atoms with E-state index in [1.807, 2.05) is 0 Å². The third-order valence-corrected chi connectivity index (χ3v) is 3.73. The second-order valence-corrected chi connectivity index (χ2v) is 4.57. The Morgan fingerprint density at radius 1 is 1.29 bits per heavy atom. The van der Waals surface area contributed by atoms with E-state index in [2.05, 4.69) is 5.32 Å². The number of esters is 1. The summed E-state index contributed by atoms with van der Waals surface area (Å²) in [6.07, 6.45) is 4.59. The van der Waals surface area contributed by atoms with Gasteiger partial charge in [0.05, 0.1) is 13.0 Å². The van der Waals surface area contributed by atoms with Crippen LogP contribution in [-0.4, -0.2) is 26.2 Å². The molecule has 2 rings (SSSR count). The molecule has 2 atom stereocenters. The lowest BCUT2D eigenvalue weighted by Gasteiger charge is -2.38. The van der Waals surface area contributed by atoms with Crippen molar-refractivity contribution in [1.29, 1.82) is 0 Å². The molecule has 1 aliphatic heterocycles. The first-order valence-electron chi connectivity index (χ1n) is 5.60. The SMILES string of the molecule is COC(=O)[C@H]1CCC[C@@H](C2CNC2)C1. The second kappa shape index (κ2) is 4.30. The molecule has 1 heterocycles. The van der Waals surface area contributed by atoms with Gasteiger partial charge in [-0.3, -0.25) is 4.79 Å². The lowest BCUT2D eigenvalue weighted by atomic mass is 9.73. The summed E-state index contributed by atoms with van der Waals surface area (Å²) in [4.78, 5) is 11.4. The summed E-state index contributed by atoms with van der Waals surface area (Å²) < 4.78 is 4.81. The molecule has 1 saturated carbocycles. The molecule has 14 heavy (non-hydrogen) atoms. The van der Waals surface area contributed by atoms with E-state index in [9.17, 15) is 4.79 Å². The van der Waals surface area contributed by atoms with E-state index in [1.165, 1.54) is 20.0 Å². The van der Waals surface area contributed by atoms with Crippen LogP contribution in [0.1, 0.15) is 25.7 Å². The molecule has 1 N–H and O–H groups in total. The average Bonchev–Trinajstić information content (AvgIpc) is 2.14. The Hall–Kier alpha value is -0.570. The van der Waals surface area contributed by atoms with Crippen LogP contribution in [0, 0.1) is 17.8 Å². The van der Waals surface area contributed by atoms with Crippen LogP contribution >= 0.6 is 0 Å². The third-order valence-electron chi connectivity index (χ3n) is 3.73. The van der Waals surface area contributed by atoms with Gasteiger partial charge < -0.3 is 10.1 Å². The van der Waals surface area contributed by atoms with Gasteiger partial charge in [-0.25, -0.2) is 0 Å². The molecule has 3 heteroatoms. The van der Waals surface area contributed by atoms with E-state index in [4.69, 9.17) is 4.74 Å². The Bertz CT molecular complexity index is 213. The first-order chi connectivity index (χ1) is 6.81. The molecule has 0 aromatic rings. The molecule has 3 nitrogen and oxygen atoms in total. The van der Waals surface area contributed by atoms with Gasteiger partial charge >= 0.3 is 5.97 Å². The molecule has 0 unspecified atom stereocenters.